The molecule has 1 atom stereocenters. The van der Waals surface area contributed by atoms with Crippen molar-refractivity contribution in [3.05, 3.63) is 65.2 Å². The highest BCUT2D eigenvalue weighted by Crippen LogP contribution is 2.42. The first kappa shape index (κ1) is 18.5. The van der Waals surface area contributed by atoms with E-state index >= 15 is 0 Å². The molecule has 2 aliphatic heterocycles. The third-order valence-corrected chi connectivity index (χ3v) is 5.61. The maximum absolute atomic E-state index is 12.9. The zero-order valence-electron chi connectivity index (χ0n) is 16.1. The second-order valence-electron chi connectivity index (χ2n) is 7.39. The molecule has 0 N–H and O–H groups in total. The predicted octanol–water partition coefficient (Wildman–Crippen LogP) is 3.71. The van der Waals surface area contributed by atoms with Crippen LogP contribution in [0.5, 0.6) is 5.75 Å². The zero-order valence-corrected chi connectivity index (χ0v) is 16.1. The van der Waals surface area contributed by atoms with E-state index in [9.17, 15) is 9.59 Å². The van der Waals surface area contributed by atoms with Crippen molar-refractivity contribution in [1.82, 2.24) is 4.90 Å². The smallest absolute Gasteiger partial charge is 0.339 e. The lowest BCUT2D eigenvalue weighted by atomic mass is 9.85. The molecule has 4 rings (SSSR count). The van der Waals surface area contributed by atoms with Crippen molar-refractivity contribution < 1.29 is 19.1 Å². The third kappa shape index (κ3) is 3.37. The van der Waals surface area contributed by atoms with Crippen LogP contribution in [0.2, 0.25) is 0 Å². The topological polar surface area (TPSA) is 55.8 Å². The van der Waals surface area contributed by atoms with Gasteiger partial charge in [0.2, 0.25) is 5.91 Å². The molecule has 1 unspecified atom stereocenters. The number of likely N-dealkylation sites (tertiary alicyclic amines) is 1. The molecular weight excluding hydrogens is 354 g/mol. The molecule has 1 amide bonds. The summed E-state index contributed by atoms with van der Waals surface area (Å²) in [6.45, 7) is 3.69. The Labute approximate surface area is 165 Å². The van der Waals surface area contributed by atoms with Crippen molar-refractivity contribution in [2.45, 2.75) is 38.2 Å². The summed E-state index contributed by atoms with van der Waals surface area (Å²) < 4.78 is 11.5. The number of carbonyl (C=O) groups excluding carboxylic acids is 2. The summed E-state index contributed by atoms with van der Waals surface area (Å²) >= 11 is 0. The first-order valence-corrected chi connectivity index (χ1v) is 9.94. The van der Waals surface area contributed by atoms with Gasteiger partial charge in [0.05, 0.1) is 18.7 Å². The number of fused-ring (bicyclic) bond motifs is 2. The van der Waals surface area contributed by atoms with Crippen molar-refractivity contribution >= 4 is 11.9 Å². The second-order valence-corrected chi connectivity index (χ2v) is 7.39. The van der Waals surface area contributed by atoms with E-state index in [1.54, 1.807) is 6.07 Å². The summed E-state index contributed by atoms with van der Waals surface area (Å²) in [5, 5.41) is 0. The van der Waals surface area contributed by atoms with Crippen LogP contribution >= 0.6 is 0 Å². The first-order valence-electron chi connectivity index (χ1n) is 9.94. The highest BCUT2D eigenvalue weighted by atomic mass is 16.6. The summed E-state index contributed by atoms with van der Waals surface area (Å²) in [4.78, 5) is 27.1. The highest BCUT2D eigenvalue weighted by Gasteiger charge is 2.48. The fourth-order valence-electron chi connectivity index (χ4n) is 4.29. The number of para-hydroxylation sites is 1. The van der Waals surface area contributed by atoms with Crippen LogP contribution in [-0.2, 0) is 21.6 Å². The van der Waals surface area contributed by atoms with Crippen molar-refractivity contribution in [1.29, 1.82) is 0 Å². The Kier molecular flexibility index (Phi) is 5.07. The number of hydrogen-bond acceptors (Lipinski definition) is 4. The van der Waals surface area contributed by atoms with Gasteiger partial charge in [-0.3, -0.25) is 4.79 Å². The molecule has 0 aliphatic carbocycles. The third-order valence-electron chi connectivity index (χ3n) is 5.61. The molecule has 1 saturated heterocycles. The Morgan fingerprint density at radius 1 is 1.18 bits per heavy atom. The Balaban J connectivity index is 1.46. The molecule has 0 radical (unpaired) electrons. The van der Waals surface area contributed by atoms with Gasteiger partial charge in [-0.1, -0.05) is 36.4 Å². The second kappa shape index (κ2) is 7.66. The number of hydrogen-bond donors (Lipinski definition) is 0. The molecule has 5 nitrogen and oxygen atoms in total. The zero-order chi connectivity index (χ0) is 19.6. The quantitative estimate of drug-likeness (QED) is 0.743. The number of carbonyl (C=O) groups is 2. The van der Waals surface area contributed by atoms with Crippen LogP contribution in [0.1, 0.15) is 47.7 Å². The van der Waals surface area contributed by atoms with E-state index in [0.29, 0.717) is 38.1 Å². The van der Waals surface area contributed by atoms with E-state index in [2.05, 4.69) is 0 Å². The van der Waals surface area contributed by atoms with Crippen LogP contribution in [0.25, 0.3) is 0 Å². The van der Waals surface area contributed by atoms with Crippen LogP contribution in [0.4, 0.5) is 0 Å². The van der Waals surface area contributed by atoms with E-state index in [4.69, 9.17) is 9.47 Å². The molecule has 2 aromatic carbocycles. The minimum Gasteiger partial charge on any atom is -0.494 e. The lowest BCUT2D eigenvalue weighted by Crippen LogP contribution is -2.48. The van der Waals surface area contributed by atoms with Crippen LogP contribution < -0.4 is 4.74 Å². The van der Waals surface area contributed by atoms with Crippen molar-refractivity contribution in [2.24, 2.45) is 0 Å². The van der Waals surface area contributed by atoms with Gasteiger partial charge in [0.1, 0.15) is 5.75 Å². The highest BCUT2D eigenvalue weighted by molar-refractivity contribution is 5.95. The van der Waals surface area contributed by atoms with Crippen LogP contribution in [0, 0.1) is 0 Å². The molecule has 28 heavy (non-hydrogen) atoms. The molecule has 5 heteroatoms. The van der Waals surface area contributed by atoms with Crippen LogP contribution in [0.3, 0.4) is 0 Å². The minimum atomic E-state index is -0.690. The van der Waals surface area contributed by atoms with Gasteiger partial charge >= 0.3 is 5.97 Å². The van der Waals surface area contributed by atoms with Gasteiger partial charge in [0, 0.05) is 18.5 Å². The average Bonchev–Trinajstić information content (AvgIpc) is 2.99. The summed E-state index contributed by atoms with van der Waals surface area (Å²) in [5.74, 6) is 0.646. The van der Waals surface area contributed by atoms with Gasteiger partial charge in [-0.05, 0) is 43.9 Å². The van der Waals surface area contributed by atoms with E-state index in [-0.39, 0.29) is 11.9 Å². The van der Waals surface area contributed by atoms with Crippen LogP contribution in [0.15, 0.2) is 48.5 Å². The molecular formula is C23H25NO4. The maximum atomic E-state index is 12.9. The SMILES string of the molecule is CCOc1ccccc1CCC(=O)N1CCCC2(C1)OC(=O)c1ccccc12. The van der Waals surface area contributed by atoms with E-state index in [1.807, 2.05) is 54.3 Å². The summed E-state index contributed by atoms with van der Waals surface area (Å²) in [6.07, 6.45) is 2.63. The fourth-order valence-corrected chi connectivity index (χ4v) is 4.29. The molecule has 146 valence electrons. The lowest BCUT2D eigenvalue weighted by molar-refractivity contribution is -0.138. The van der Waals surface area contributed by atoms with E-state index < -0.39 is 5.60 Å². The molecule has 2 aromatic rings. The Morgan fingerprint density at radius 3 is 2.82 bits per heavy atom. The predicted molar refractivity (Wildman–Crippen MR) is 105 cm³/mol. The number of piperidine rings is 1. The van der Waals surface area contributed by atoms with Gasteiger partial charge in [-0.15, -0.1) is 0 Å². The molecule has 2 aliphatic rings. The van der Waals surface area contributed by atoms with Crippen molar-refractivity contribution in [2.75, 3.05) is 19.7 Å². The molecule has 0 bridgehead atoms. The van der Waals surface area contributed by atoms with Gasteiger partial charge in [0.15, 0.2) is 5.60 Å². The first-order chi connectivity index (χ1) is 13.6. The van der Waals surface area contributed by atoms with Crippen LogP contribution in [-0.4, -0.2) is 36.5 Å². The summed E-state index contributed by atoms with van der Waals surface area (Å²) in [7, 11) is 0. The van der Waals surface area contributed by atoms with E-state index in [1.165, 1.54) is 0 Å². The maximum Gasteiger partial charge on any atom is 0.339 e. The molecule has 2 heterocycles. The number of ether oxygens (including phenoxy) is 2. The van der Waals surface area contributed by atoms with Crippen molar-refractivity contribution in [3.8, 4) is 5.75 Å². The number of aryl methyl sites for hydroxylation is 1. The van der Waals surface area contributed by atoms with Gasteiger partial charge in [-0.2, -0.15) is 0 Å². The van der Waals surface area contributed by atoms with Gasteiger partial charge in [0.25, 0.3) is 0 Å². The largest absolute Gasteiger partial charge is 0.494 e. The van der Waals surface area contributed by atoms with Gasteiger partial charge in [-0.25, -0.2) is 4.79 Å². The Morgan fingerprint density at radius 2 is 1.96 bits per heavy atom. The average molecular weight is 379 g/mol. The monoisotopic (exact) mass is 379 g/mol. The summed E-state index contributed by atoms with van der Waals surface area (Å²) in [5.41, 5.74) is 1.90. The number of rotatable bonds is 5. The van der Waals surface area contributed by atoms with E-state index in [0.717, 1.165) is 29.7 Å². The number of esters is 1. The number of benzene rings is 2. The summed E-state index contributed by atoms with van der Waals surface area (Å²) in [6, 6.07) is 15.4. The normalized spacial score (nSPS) is 20.8. The molecule has 0 saturated carbocycles. The van der Waals surface area contributed by atoms with Gasteiger partial charge < -0.3 is 14.4 Å². The molecule has 1 fully saturated rings. The molecule has 1 spiro atoms. The Bertz CT molecular complexity index is 894. The fraction of sp³-hybridized carbons (Fsp3) is 0.391. The minimum absolute atomic E-state index is 0.0887. The lowest BCUT2D eigenvalue weighted by Gasteiger charge is -2.39. The standard InChI is InChI=1S/C23H25NO4/c1-2-27-20-11-6-3-8-17(20)12-13-21(25)24-15-7-14-23(16-24)19-10-5-4-9-18(19)22(26)28-23/h3-6,8-11H,2,7,12-16H2,1H3. The Hall–Kier alpha value is -2.82. The number of nitrogens with zero attached hydrogens (tertiary/aromatic N) is 1. The number of amides is 1. The molecule has 0 aromatic heterocycles. The van der Waals surface area contributed by atoms with Crippen molar-refractivity contribution in [3.63, 3.8) is 0 Å².